The minimum absolute atomic E-state index is 0. The Morgan fingerprint density at radius 3 is 2.75 bits per heavy atom. The van der Waals surface area contributed by atoms with Crippen LogP contribution in [0.4, 0.5) is 0 Å². The maximum atomic E-state index is 5.61. The third-order valence-electron chi connectivity index (χ3n) is 3.54. The van der Waals surface area contributed by atoms with E-state index in [9.17, 15) is 0 Å². The van der Waals surface area contributed by atoms with E-state index in [1.807, 2.05) is 7.05 Å². The van der Waals surface area contributed by atoms with Crippen molar-refractivity contribution in [2.45, 2.75) is 40.0 Å². The molecule has 0 saturated carbocycles. The molecule has 120 valence electrons. The summed E-state index contributed by atoms with van der Waals surface area (Å²) in [4.78, 5) is 6.73. The molecule has 1 aliphatic rings. The molecular weight excluding hydrogens is 365 g/mol. The molecule has 0 aromatic rings. The number of halogens is 1. The van der Waals surface area contributed by atoms with Gasteiger partial charge in [0.15, 0.2) is 5.96 Å². The van der Waals surface area contributed by atoms with E-state index in [1.54, 1.807) is 0 Å². The smallest absolute Gasteiger partial charge is 0.193 e. The van der Waals surface area contributed by atoms with Crippen molar-refractivity contribution in [1.82, 2.24) is 10.2 Å². The van der Waals surface area contributed by atoms with Crippen LogP contribution in [0.2, 0.25) is 0 Å². The van der Waals surface area contributed by atoms with Gasteiger partial charge < -0.3 is 15.0 Å². The Bertz CT molecular complexity index is 272. The zero-order valence-electron chi connectivity index (χ0n) is 13.5. The summed E-state index contributed by atoms with van der Waals surface area (Å²) in [6, 6.07) is 0. The lowest BCUT2D eigenvalue weighted by Gasteiger charge is -2.33. The van der Waals surface area contributed by atoms with Gasteiger partial charge in [0.25, 0.3) is 0 Å². The predicted octanol–water partition coefficient (Wildman–Crippen LogP) is 2.97. The molecule has 1 fully saturated rings. The minimum atomic E-state index is 0. The summed E-state index contributed by atoms with van der Waals surface area (Å²) < 4.78 is 5.61. The van der Waals surface area contributed by atoms with Crippen LogP contribution in [-0.4, -0.2) is 50.8 Å². The van der Waals surface area contributed by atoms with Crippen molar-refractivity contribution < 1.29 is 4.74 Å². The lowest BCUT2D eigenvalue weighted by molar-refractivity contribution is 0.127. The second kappa shape index (κ2) is 11.6. The number of likely N-dealkylation sites (tertiary alicyclic amines) is 1. The highest BCUT2D eigenvalue weighted by Gasteiger charge is 2.18. The van der Waals surface area contributed by atoms with E-state index >= 15 is 0 Å². The average Bonchev–Trinajstić information content (AvgIpc) is 2.37. The monoisotopic (exact) mass is 397 g/mol. The van der Waals surface area contributed by atoms with Gasteiger partial charge in [-0.2, -0.15) is 0 Å². The standard InChI is InChI=1S/C15H31N3O.HI/c1-13(2)7-10-19-11-8-17-15(16-4)18-9-5-6-14(3)12-18;/h13-14H,5-12H2,1-4H3,(H,16,17);1H. The molecule has 1 rings (SSSR count). The molecular formula is C15H32IN3O. The minimum Gasteiger partial charge on any atom is -0.380 e. The van der Waals surface area contributed by atoms with E-state index in [-0.39, 0.29) is 24.0 Å². The Balaban J connectivity index is 0.00000361. The molecule has 1 saturated heterocycles. The molecule has 4 nitrogen and oxygen atoms in total. The largest absolute Gasteiger partial charge is 0.380 e. The zero-order chi connectivity index (χ0) is 14.1. The summed E-state index contributed by atoms with van der Waals surface area (Å²) in [7, 11) is 1.86. The summed E-state index contributed by atoms with van der Waals surface area (Å²) >= 11 is 0. The van der Waals surface area contributed by atoms with Crippen LogP contribution in [0, 0.1) is 11.8 Å². The molecule has 1 heterocycles. The van der Waals surface area contributed by atoms with Gasteiger partial charge in [0.1, 0.15) is 0 Å². The van der Waals surface area contributed by atoms with Crippen LogP contribution in [0.1, 0.15) is 40.0 Å². The first-order chi connectivity index (χ1) is 9.13. The molecule has 1 unspecified atom stereocenters. The lowest BCUT2D eigenvalue weighted by Crippen LogP contribution is -2.46. The number of ether oxygens (including phenoxy) is 1. The fourth-order valence-corrected chi connectivity index (χ4v) is 2.37. The van der Waals surface area contributed by atoms with E-state index in [0.717, 1.165) is 57.1 Å². The number of guanidine groups is 1. The van der Waals surface area contributed by atoms with E-state index in [2.05, 4.69) is 36.0 Å². The van der Waals surface area contributed by atoms with Crippen molar-refractivity contribution in [1.29, 1.82) is 0 Å². The lowest BCUT2D eigenvalue weighted by atomic mass is 10.0. The van der Waals surface area contributed by atoms with Gasteiger partial charge in [0.05, 0.1) is 6.61 Å². The topological polar surface area (TPSA) is 36.9 Å². The number of nitrogens with one attached hydrogen (secondary N) is 1. The maximum absolute atomic E-state index is 5.61. The van der Waals surface area contributed by atoms with Gasteiger partial charge in [-0.1, -0.05) is 20.8 Å². The summed E-state index contributed by atoms with van der Waals surface area (Å²) in [5.74, 6) is 2.52. The number of piperidine rings is 1. The molecule has 0 spiro atoms. The summed E-state index contributed by atoms with van der Waals surface area (Å²) in [5, 5.41) is 3.40. The van der Waals surface area contributed by atoms with E-state index in [0.29, 0.717) is 0 Å². The molecule has 0 amide bonds. The molecule has 5 heteroatoms. The highest BCUT2D eigenvalue weighted by atomic mass is 127. The molecule has 0 aromatic carbocycles. The van der Waals surface area contributed by atoms with Gasteiger partial charge in [-0.05, 0) is 31.1 Å². The average molecular weight is 397 g/mol. The molecule has 0 aliphatic carbocycles. The van der Waals surface area contributed by atoms with Crippen LogP contribution in [0.15, 0.2) is 4.99 Å². The van der Waals surface area contributed by atoms with Crippen molar-refractivity contribution >= 4 is 29.9 Å². The first kappa shape index (κ1) is 20.0. The van der Waals surface area contributed by atoms with Crippen LogP contribution < -0.4 is 5.32 Å². The number of rotatable bonds is 6. The van der Waals surface area contributed by atoms with Crippen LogP contribution >= 0.6 is 24.0 Å². The van der Waals surface area contributed by atoms with Crippen LogP contribution in [0.25, 0.3) is 0 Å². The first-order valence-corrected chi connectivity index (χ1v) is 7.66. The predicted molar refractivity (Wildman–Crippen MR) is 97.0 cm³/mol. The Morgan fingerprint density at radius 2 is 2.15 bits per heavy atom. The first-order valence-electron chi connectivity index (χ1n) is 7.66. The molecule has 0 aromatic heterocycles. The van der Waals surface area contributed by atoms with E-state index < -0.39 is 0 Å². The SMILES string of the molecule is CN=C(NCCOCCC(C)C)N1CCCC(C)C1.I. The molecule has 0 radical (unpaired) electrons. The van der Waals surface area contributed by atoms with Crippen LogP contribution in [0.5, 0.6) is 0 Å². The summed E-state index contributed by atoms with van der Waals surface area (Å²) in [6.45, 7) is 11.5. The quantitative estimate of drug-likeness (QED) is 0.324. The van der Waals surface area contributed by atoms with Crippen molar-refractivity contribution in [3.63, 3.8) is 0 Å². The maximum Gasteiger partial charge on any atom is 0.193 e. The highest BCUT2D eigenvalue weighted by molar-refractivity contribution is 14.0. The summed E-state index contributed by atoms with van der Waals surface area (Å²) in [5.41, 5.74) is 0. The second-order valence-electron chi connectivity index (χ2n) is 5.96. The molecule has 1 N–H and O–H groups in total. The van der Waals surface area contributed by atoms with Crippen LogP contribution in [0.3, 0.4) is 0 Å². The van der Waals surface area contributed by atoms with Gasteiger partial charge in [-0.25, -0.2) is 0 Å². The fourth-order valence-electron chi connectivity index (χ4n) is 2.37. The van der Waals surface area contributed by atoms with Gasteiger partial charge in [-0.15, -0.1) is 24.0 Å². The number of aliphatic imine (C=N–C) groups is 1. The van der Waals surface area contributed by atoms with Gasteiger partial charge in [0.2, 0.25) is 0 Å². The third-order valence-corrected chi connectivity index (χ3v) is 3.54. The van der Waals surface area contributed by atoms with Crippen LogP contribution in [-0.2, 0) is 4.74 Å². The molecule has 0 bridgehead atoms. The number of hydrogen-bond donors (Lipinski definition) is 1. The molecule has 20 heavy (non-hydrogen) atoms. The fraction of sp³-hybridized carbons (Fsp3) is 0.933. The highest BCUT2D eigenvalue weighted by Crippen LogP contribution is 2.15. The van der Waals surface area contributed by atoms with Crippen molar-refractivity contribution in [2.75, 3.05) is 39.9 Å². The Kier molecular flexibility index (Phi) is 11.6. The number of nitrogens with zero attached hydrogens (tertiary/aromatic N) is 2. The normalized spacial score (nSPS) is 19.9. The van der Waals surface area contributed by atoms with Crippen molar-refractivity contribution in [3.8, 4) is 0 Å². The Hall–Kier alpha value is -0.0400. The number of hydrogen-bond acceptors (Lipinski definition) is 2. The van der Waals surface area contributed by atoms with E-state index in [1.165, 1.54) is 12.8 Å². The van der Waals surface area contributed by atoms with Gasteiger partial charge >= 0.3 is 0 Å². The van der Waals surface area contributed by atoms with E-state index in [4.69, 9.17) is 4.74 Å². The summed E-state index contributed by atoms with van der Waals surface area (Å²) in [6.07, 6.45) is 3.75. The second-order valence-corrected chi connectivity index (χ2v) is 5.96. The Labute approximate surface area is 141 Å². The van der Waals surface area contributed by atoms with Gasteiger partial charge in [-0.3, -0.25) is 4.99 Å². The molecule has 1 aliphatic heterocycles. The zero-order valence-corrected chi connectivity index (χ0v) is 15.9. The molecule has 1 atom stereocenters. The van der Waals surface area contributed by atoms with Gasteiger partial charge in [0, 0.05) is 33.3 Å². The van der Waals surface area contributed by atoms with Crippen molar-refractivity contribution in [3.05, 3.63) is 0 Å². The Morgan fingerprint density at radius 1 is 1.40 bits per heavy atom. The third kappa shape index (κ3) is 8.29. The van der Waals surface area contributed by atoms with Crippen molar-refractivity contribution in [2.24, 2.45) is 16.8 Å².